The monoisotopic (exact) mass is 426 g/mol. The van der Waals surface area contributed by atoms with Crippen LogP contribution in [0.4, 0.5) is 10.1 Å². The smallest absolute Gasteiger partial charge is 0.350 e. The number of thiophene rings is 1. The third kappa shape index (κ3) is 5.75. The summed E-state index contributed by atoms with van der Waals surface area (Å²) < 4.78 is 18.2. The predicted octanol–water partition coefficient (Wildman–Crippen LogP) is 4.80. The van der Waals surface area contributed by atoms with Gasteiger partial charge in [0.15, 0.2) is 0 Å². The van der Waals surface area contributed by atoms with Gasteiger partial charge in [-0.1, -0.05) is 42.5 Å². The summed E-state index contributed by atoms with van der Waals surface area (Å²) >= 11 is 1.29. The fraction of sp³-hybridized carbons (Fsp3) is 0.217. The lowest BCUT2D eigenvalue weighted by atomic mass is 10.2. The fourth-order valence-electron chi connectivity index (χ4n) is 2.97. The van der Waals surface area contributed by atoms with Crippen LogP contribution in [0.3, 0.4) is 0 Å². The number of rotatable bonds is 8. The Hall–Kier alpha value is -3.03. The van der Waals surface area contributed by atoms with Crippen LogP contribution in [0.15, 0.2) is 60.7 Å². The summed E-state index contributed by atoms with van der Waals surface area (Å²) in [5, 5.41) is 2.83. The number of carbonyl (C=O) groups is 2. The molecular weight excluding hydrogens is 403 g/mol. The van der Waals surface area contributed by atoms with Crippen molar-refractivity contribution in [3.8, 4) is 10.4 Å². The molecule has 0 unspecified atom stereocenters. The number of amides is 1. The minimum Gasteiger partial charge on any atom is -0.462 e. The van der Waals surface area contributed by atoms with Crippen molar-refractivity contribution in [1.82, 2.24) is 4.90 Å². The molecule has 0 aliphatic rings. The Morgan fingerprint density at radius 2 is 1.80 bits per heavy atom. The molecule has 30 heavy (non-hydrogen) atoms. The SMILES string of the molecule is CCOC(=O)c1sc(-c2ccccc2)cc1NC(=O)CN(C)Cc1ccc(F)cc1. The zero-order valence-corrected chi connectivity index (χ0v) is 17.7. The van der Waals surface area contributed by atoms with Crippen LogP contribution in [-0.2, 0) is 16.1 Å². The maximum atomic E-state index is 13.0. The van der Waals surface area contributed by atoms with Gasteiger partial charge in [-0.2, -0.15) is 0 Å². The average molecular weight is 427 g/mol. The highest BCUT2D eigenvalue weighted by molar-refractivity contribution is 7.18. The molecule has 0 aliphatic carbocycles. The van der Waals surface area contributed by atoms with Gasteiger partial charge in [-0.15, -0.1) is 11.3 Å². The molecule has 1 amide bonds. The van der Waals surface area contributed by atoms with Crippen LogP contribution in [0.1, 0.15) is 22.2 Å². The molecule has 1 N–H and O–H groups in total. The van der Waals surface area contributed by atoms with Gasteiger partial charge in [-0.05, 0) is 43.3 Å². The first-order chi connectivity index (χ1) is 14.5. The summed E-state index contributed by atoms with van der Waals surface area (Å²) in [5.41, 5.74) is 2.31. The number of likely N-dealkylation sites (N-methyl/N-ethyl adjacent to an activating group) is 1. The number of ether oxygens (including phenoxy) is 1. The Labute approximate surface area is 179 Å². The van der Waals surface area contributed by atoms with E-state index in [1.165, 1.54) is 23.5 Å². The number of benzene rings is 2. The minimum absolute atomic E-state index is 0.121. The van der Waals surface area contributed by atoms with Crippen molar-refractivity contribution in [3.63, 3.8) is 0 Å². The van der Waals surface area contributed by atoms with E-state index in [2.05, 4.69) is 5.32 Å². The van der Waals surface area contributed by atoms with E-state index in [9.17, 15) is 14.0 Å². The van der Waals surface area contributed by atoms with Crippen molar-refractivity contribution in [2.24, 2.45) is 0 Å². The molecule has 1 aromatic heterocycles. The Morgan fingerprint density at radius 3 is 2.47 bits per heavy atom. The van der Waals surface area contributed by atoms with Gasteiger partial charge < -0.3 is 10.1 Å². The number of hydrogen-bond acceptors (Lipinski definition) is 5. The number of halogens is 1. The minimum atomic E-state index is -0.459. The molecule has 0 fully saturated rings. The van der Waals surface area contributed by atoms with Crippen molar-refractivity contribution in [1.29, 1.82) is 0 Å². The van der Waals surface area contributed by atoms with Crippen molar-refractivity contribution in [2.45, 2.75) is 13.5 Å². The molecule has 0 radical (unpaired) electrons. The van der Waals surface area contributed by atoms with Gasteiger partial charge in [0.25, 0.3) is 0 Å². The molecular formula is C23H23FN2O3S. The first-order valence-electron chi connectivity index (χ1n) is 9.55. The number of hydrogen-bond donors (Lipinski definition) is 1. The summed E-state index contributed by atoms with van der Waals surface area (Å²) in [6, 6.07) is 17.6. The molecule has 3 aromatic rings. The van der Waals surface area contributed by atoms with E-state index in [-0.39, 0.29) is 24.9 Å². The molecule has 0 atom stereocenters. The van der Waals surface area contributed by atoms with Gasteiger partial charge in [-0.3, -0.25) is 9.69 Å². The molecule has 0 saturated heterocycles. The van der Waals surface area contributed by atoms with E-state index < -0.39 is 5.97 Å². The number of anilines is 1. The van der Waals surface area contributed by atoms with Crippen LogP contribution in [0.5, 0.6) is 0 Å². The molecule has 2 aromatic carbocycles. The Kier molecular flexibility index (Phi) is 7.32. The highest BCUT2D eigenvalue weighted by atomic mass is 32.1. The largest absolute Gasteiger partial charge is 0.462 e. The molecule has 3 rings (SSSR count). The van der Waals surface area contributed by atoms with Gasteiger partial charge in [0.2, 0.25) is 5.91 Å². The average Bonchev–Trinajstić information content (AvgIpc) is 3.14. The molecule has 0 bridgehead atoms. The summed E-state index contributed by atoms with van der Waals surface area (Å²) in [6.45, 7) is 2.62. The highest BCUT2D eigenvalue weighted by Crippen LogP contribution is 2.35. The maximum Gasteiger partial charge on any atom is 0.350 e. The maximum absolute atomic E-state index is 13.0. The quantitative estimate of drug-likeness (QED) is 0.526. The van der Waals surface area contributed by atoms with Crippen LogP contribution in [-0.4, -0.2) is 37.0 Å². The standard InChI is InChI=1S/C23H23FN2O3S/c1-3-29-23(28)22-19(13-20(30-22)17-7-5-4-6-8-17)25-21(27)15-26(2)14-16-9-11-18(24)12-10-16/h4-13H,3,14-15H2,1-2H3,(H,25,27). The molecule has 0 aliphatic heterocycles. The lowest BCUT2D eigenvalue weighted by molar-refractivity contribution is -0.117. The third-order valence-corrected chi connectivity index (χ3v) is 5.47. The Bertz CT molecular complexity index is 1000. The van der Waals surface area contributed by atoms with E-state index in [1.54, 1.807) is 32.2 Å². The van der Waals surface area contributed by atoms with Crippen LogP contribution in [0.2, 0.25) is 0 Å². The van der Waals surface area contributed by atoms with Crippen molar-refractivity contribution in [2.75, 3.05) is 25.5 Å². The molecule has 5 nitrogen and oxygen atoms in total. The summed E-state index contributed by atoms with van der Waals surface area (Å²) in [6.07, 6.45) is 0. The van der Waals surface area contributed by atoms with E-state index in [4.69, 9.17) is 4.74 Å². The molecule has 0 saturated carbocycles. The molecule has 0 spiro atoms. The summed E-state index contributed by atoms with van der Waals surface area (Å²) in [7, 11) is 1.80. The Morgan fingerprint density at radius 1 is 1.10 bits per heavy atom. The van der Waals surface area contributed by atoms with Crippen molar-refractivity contribution in [3.05, 3.63) is 76.9 Å². The summed E-state index contributed by atoms with van der Waals surface area (Å²) in [4.78, 5) is 28.0. The zero-order chi connectivity index (χ0) is 21.5. The zero-order valence-electron chi connectivity index (χ0n) is 16.9. The van der Waals surface area contributed by atoms with E-state index in [0.717, 1.165) is 16.0 Å². The third-order valence-electron chi connectivity index (χ3n) is 4.30. The fourth-order valence-corrected chi connectivity index (χ4v) is 3.98. The van der Waals surface area contributed by atoms with Gasteiger partial charge in [0, 0.05) is 11.4 Å². The predicted molar refractivity (Wildman–Crippen MR) is 117 cm³/mol. The normalized spacial score (nSPS) is 10.8. The number of nitrogens with zero attached hydrogens (tertiary/aromatic N) is 1. The lowest BCUT2D eigenvalue weighted by Crippen LogP contribution is -2.30. The second-order valence-electron chi connectivity index (χ2n) is 6.79. The number of nitrogens with one attached hydrogen (secondary N) is 1. The van der Waals surface area contributed by atoms with Gasteiger partial charge in [0.1, 0.15) is 10.7 Å². The first-order valence-corrected chi connectivity index (χ1v) is 10.4. The second kappa shape index (κ2) is 10.1. The Balaban J connectivity index is 1.72. The van der Waals surface area contributed by atoms with Gasteiger partial charge in [0.05, 0.1) is 18.8 Å². The van der Waals surface area contributed by atoms with Crippen LogP contribution in [0, 0.1) is 5.82 Å². The van der Waals surface area contributed by atoms with Crippen molar-refractivity contribution < 1.29 is 18.7 Å². The van der Waals surface area contributed by atoms with E-state index in [0.29, 0.717) is 17.1 Å². The number of esters is 1. The van der Waals surface area contributed by atoms with Crippen LogP contribution in [0.25, 0.3) is 10.4 Å². The summed E-state index contributed by atoms with van der Waals surface area (Å²) in [5.74, 6) is -1.00. The topological polar surface area (TPSA) is 58.6 Å². The van der Waals surface area contributed by atoms with E-state index in [1.807, 2.05) is 35.2 Å². The van der Waals surface area contributed by atoms with Gasteiger partial charge >= 0.3 is 5.97 Å². The van der Waals surface area contributed by atoms with Crippen molar-refractivity contribution >= 4 is 28.9 Å². The van der Waals surface area contributed by atoms with Crippen LogP contribution < -0.4 is 5.32 Å². The highest BCUT2D eigenvalue weighted by Gasteiger charge is 2.20. The number of carbonyl (C=O) groups excluding carboxylic acids is 2. The molecule has 156 valence electrons. The lowest BCUT2D eigenvalue weighted by Gasteiger charge is -2.16. The molecule has 1 heterocycles. The van der Waals surface area contributed by atoms with E-state index >= 15 is 0 Å². The second-order valence-corrected chi connectivity index (χ2v) is 7.84. The first kappa shape index (κ1) is 21.7. The van der Waals surface area contributed by atoms with Crippen LogP contribution >= 0.6 is 11.3 Å². The van der Waals surface area contributed by atoms with Gasteiger partial charge in [-0.25, -0.2) is 9.18 Å². The molecule has 7 heteroatoms.